The van der Waals surface area contributed by atoms with Gasteiger partial charge in [0.05, 0.1) is 18.8 Å². The van der Waals surface area contributed by atoms with Crippen LogP contribution in [0.15, 0.2) is 41.4 Å². The molecule has 4 heterocycles. The number of carbonyl (C=O) groups excluding carboxylic acids is 3. The van der Waals surface area contributed by atoms with E-state index in [1.165, 1.54) is 29.5 Å². The number of esters is 1. The Labute approximate surface area is 214 Å². The molecule has 188 valence electrons. The van der Waals surface area contributed by atoms with Crippen molar-refractivity contribution in [2.24, 2.45) is 5.73 Å². The Kier molecular flexibility index (Phi) is 7.11. The number of alkyl halides is 1. The second-order valence-electron chi connectivity index (χ2n) is 8.19. The molecule has 2 N–H and O–H groups in total. The molecule has 3 aromatic heterocycles. The van der Waals surface area contributed by atoms with Gasteiger partial charge in [0.2, 0.25) is 11.8 Å². The molecule has 1 aliphatic heterocycles. The molecule has 36 heavy (non-hydrogen) atoms. The molecule has 2 atom stereocenters. The zero-order valence-electron chi connectivity index (χ0n) is 19.5. The van der Waals surface area contributed by atoms with Gasteiger partial charge < -0.3 is 15.4 Å². The van der Waals surface area contributed by atoms with Crippen LogP contribution >= 0.6 is 15.9 Å². The molecule has 1 saturated heterocycles. The number of nitrogens with two attached hydrogens (primary N) is 1. The minimum absolute atomic E-state index is 0.107. The number of pyridine rings is 1. The Morgan fingerprint density at radius 2 is 2.00 bits per heavy atom. The highest BCUT2D eigenvalue weighted by molar-refractivity contribution is 9.10. The lowest BCUT2D eigenvalue weighted by Crippen LogP contribution is -2.55. The number of nitrogens with zero attached hydrogens (tertiary/aromatic N) is 6. The van der Waals surface area contributed by atoms with Crippen molar-refractivity contribution in [1.29, 1.82) is 0 Å². The third kappa shape index (κ3) is 4.57. The average Bonchev–Trinajstić information content (AvgIpc) is 3.42. The van der Waals surface area contributed by atoms with Crippen LogP contribution in [0.2, 0.25) is 0 Å². The number of primary amides is 1. The molecule has 0 spiro atoms. The van der Waals surface area contributed by atoms with E-state index >= 15 is 0 Å². The predicted molar refractivity (Wildman–Crippen MR) is 128 cm³/mol. The molecule has 11 nitrogen and oxygen atoms in total. The second-order valence-corrected chi connectivity index (χ2v) is 9.05. The van der Waals surface area contributed by atoms with Crippen molar-refractivity contribution in [3.8, 4) is 11.3 Å². The lowest BCUT2D eigenvalue weighted by atomic mass is 9.90. The first-order chi connectivity index (χ1) is 17.2. The summed E-state index contributed by atoms with van der Waals surface area (Å²) in [5.74, 6) is -1.64. The van der Waals surface area contributed by atoms with Gasteiger partial charge >= 0.3 is 5.97 Å². The monoisotopic (exact) mass is 559 g/mol. The van der Waals surface area contributed by atoms with Crippen LogP contribution < -0.4 is 5.73 Å². The third-order valence-corrected chi connectivity index (χ3v) is 6.47. The number of amides is 2. The maximum Gasteiger partial charge on any atom is 0.341 e. The van der Waals surface area contributed by atoms with Gasteiger partial charge in [0, 0.05) is 41.2 Å². The summed E-state index contributed by atoms with van der Waals surface area (Å²) in [6.07, 6.45) is 3.98. The van der Waals surface area contributed by atoms with Crippen LogP contribution in [0.1, 0.15) is 35.2 Å². The van der Waals surface area contributed by atoms with Gasteiger partial charge in [-0.2, -0.15) is 5.10 Å². The van der Waals surface area contributed by atoms with Gasteiger partial charge in [-0.25, -0.2) is 19.2 Å². The summed E-state index contributed by atoms with van der Waals surface area (Å²) in [6, 6.07) is 3.27. The van der Waals surface area contributed by atoms with Crippen molar-refractivity contribution in [3.63, 3.8) is 0 Å². The van der Waals surface area contributed by atoms with Crippen molar-refractivity contribution in [3.05, 3.63) is 58.5 Å². The number of carbonyl (C=O) groups is 3. The SMILES string of the molecule is CCOC(=O)c1cn(CC(=O)N2C[C@H](F)C[C@@]2(C(N)=O)c2ncccc2Br)nc1-c1cnc(C)nc1. The molecule has 13 heteroatoms. The number of rotatable bonds is 7. The van der Waals surface area contributed by atoms with E-state index in [1.807, 2.05) is 0 Å². The fourth-order valence-corrected chi connectivity index (χ4v) is 4.82. The van der Waals surface area contributed by atoms with E-state index in [-0.39, 0.29) is 36.5 Å². The first kappa shape index (κ1) is 25.4. The summed E-state index contributed by atoms with van der Waals surface area (Å²) in [7, 11) is 0. The Bertz CT molecular complexity index is 1320. The minimum Gasteiger partial charge on any atom is -0.462 e. The molecule has 2 amide bonds. The van der Waals surface area contributed by atoms with Crippen LogP contribution in [-0.4, -0.2) is 66.7 Å². The van der Waals surface area contributed by atoms with Crippen molar-refractivity contribution in [1.82, 2.24) is 29.6 Å². The van der Waals surface area contributed by atoms with Gasteiger partial charge in [-0.1, -0.05) is 0 Å². The zero-order chi connectivity index (χ0) is 26.0. The molecule has 0 bridgehead atoms. The molecule has 0 unspecified atom stereocenters. The minimum atomic E-state index is -1.79. The number of hydrogen-bond acceptors (Lipinski definition) is 8. The molecule has 1 aliphatic rings. The van der Waals surface area contributed by atoms with Crippen LogP contribution in [0, 0.1) is 6.92 Å². The Balaban J connectivity index is 1.71. The third-order valence-electron chi connectivity index (χ3n) is 5.83. The van der Waals surface area contributed by atoms with E-state index in [2.05, 4.69) is 36.0 Å². The maximum atomic E-state index is 14.7. The first-order valence-electron chi connectivity index (χ1n) is 11.1. The highest BCUT2D eigenvalue weighted by atomic mass is 79.9. The summed E-state index contributed by atoms with van der Waals surface area (Å²) in [5.41, 5.74) is 4.88. The summed E-state index contributed by atoms with van der Waals surface area (Å²) in [4.78, 5) is 52.4. The standard InChI is InChI=1S/C23H23BrFN7O4/c1-3-36-21(34)16-11-31(30-19(16)14-8-28-13(2)29-9-14)12-18(33)32-10-15(25)7-23(32,22(26)35)20-17(24)5-4-6-27-20/h4-6,8-9,11,15H,3,7,10,12H2,1-2H3,(H2,26,35)/t15-,23+/m1/s1. The maximum absolute atomic E-state index is 14.7. The quantitative estimate of drug-likeness (QED) is 0.432. The number of aromatic nitrogens is 5. The van der Waals surface area contributed by atoms with Crippen molar-refractivity contribution in [2.45, 2.75) is 38.5 Å². The normalized spacial score (nSPS) is 19.3. The number of ether oxygens (including phenoxy) is 1. The fraction of sp³-hybridized carbons (Fsp3) is 0.348. The molecule has 0 aromatic carbocycles. The van der Waals surface area contributed by atoms with Crippen LogP contribution in [-0.2, 0) is 26.4 Å². The van der Waals surface area contributed by atoms with Crippen molar-refractivity contribution in [2.75, 3.05) is 13.2 Å². The Hall–Kier alpha value is -3.74. The van der Waals surface area contributed by atoms with E-state index in [0.717, 1.165) is 4.90 Å². The van der Waals surface area contributed by atoms with E-state index in [0.29, 0.717) is 15.9 Å². The number of hydrogen-bond donors (Lipinski definition) is 1. The summed E-state index contributed by atoms with van der Waals surface area (Å²) >= 11 is 3.34. The van der Waals surface area contributed by atoms with Crippen molar-refractivity contribution < 1.29 is 23.5 Å². The topological polar surface area (TPSA) is 146 Å². The van der Waals surface area contributed by atoms with Crippen molar-refractivity contribution >= 4 is 33.7 Å². The Morgan fingerprint density at radius 1 is 1.28 bits per heavy atom. The Morgan fingerprint density at radius 3 is 2.64 bits per heavy atom. The van der Waals surface area contributed by atoms with Gasteiger partial charge in [0.25, 0.3) is 0 Å². The second kappa shape index (κ2) is 10.1. The highest BCUT2D eigenvalue weighted by Gasteiger charge is 2.55. The van der Waals surface area contributed by atoms with Gasteiger partial charge in [-0.05, 0) is 41.9 Å². The summed E-state index contributed by atoms with van der Waals surface area (Å²) < 4.78 is 21.5. The lowest BCUT2D eigenvalue weighted by molar-refractivity contribution is -0.145. The van der Waals surface area contributed by atoms with Crippen LogP contribution in [0.25, 0.3) is 11.3 Å². The summed E-state index contributed by atoms with van der Waals surface area (Å²) in [6.45, 7) is 2.77. The van der Waals surface area contributed by atoms with E-state index < -0.39 is 36.0 Å². The molecule has 0 saturated carbocycles. The van der Waals surface area contributed by atoms with E-state index in [9.17, 15) is 18.8 Å². The smallest absolute Gasteiger partial charge is 0.341 e. The van der Waals surface area contributed by atoms with Gasteiger partial charge in [-0.15, -0.1) is 0 Å². The van der Waals surface area contributed by atoms with Gasteiger partial charge in [-0.3, -0.25) is 19.3 Å². The molecular formula is C23H23BrFN7O4. The molecule has 0 radical (unpaired) electrons. The molecular weight excluding hydrogens is 537 g/mol. The van der Waals surface area contributed by atoms with E-state index in [1.54, 1.807) is 26.0 Å². The first-order valence-corrected chi connectivity index (χ1v) is 11.9. The molecule has 3 aromatic rings. The van der Waals surface area contributed by atoms with Gasteiger partial charge in [0.15, 0.2) is 5.54 Å². The fourth-order valence-electron chi connectivity index (χ4n) is 4.24. The largest absolute Gasteiger partial charge is 0.462 e. The van der Waals surface area contributed by atoms with E-state index in [4.69, 9.17) is 10.5 Å². The average molecular weight is 560 g/mol. The molecule has 0 aliphatic carbocycles. The number of aryl methyl sites for hydroxylation is 1. The zero-order valence-corrected chi connectivity index (χ0v) is 21.1. The molecule has 1 fully saturated rings. The van der Waals surface area contributed by atoms with Crippen LogP contribution in [0.3, 0.4) is 0 Å². The summed E-state index contributed by atoms with van der Waals surface area (Å²) in [5, 5.41) is 4.38. The lowest BCUT2D eigenvalue weighted by Gasteiger charge is -2.35. The van der Waals surface area contributed by atoms with Gasteiger partial charge in [0.1, 0.15) is 29.8 Å². The molecule has 4 rings (SSSR count). The number of halogens is 2. The predicted octanol–water partition coefficient (Wildman–Crippen LogP) is 1.93. The van der Waals surface area contributed by atoms with Crippen LogP contribution in [0.4, 0.5) is 4.39 Å². The highest BCUT2D eigenvalue weighted by Crippen LogP contribution is 2.42. The van der Waals surface area contributed by atoms with Crippen LogP contribution in [0.5, 0.6) is 0 Å². The number of likely N-dealkylation sites (tertiary alicyclic amines) is 1.